The summed E-state index contributed by atoms with van der Waals surface area (Å²) in [5.41, 5.74) is 8.12. The monoisotopic (exact) mass is 257 g/mol. The Morgan fingerprint density at radius 2 is 2.00 bits per heavy atom. The largest absolute Gasteiger partial charge is 0.337 e. The van der Waals surface area contributed by atoms with Crippen LogP contribution in [0, 0.1) is 0 Å². The Kier molecular flexibility index (Phi) is 4.12. The molecule has 100 valence electrons. The maximum Gasteiger partial charge on any atom is 0.244 e. The summed E-state index contributed by atoms with van der Waals surface area (Å²) in [7, 11) is 0. The summed E-state index contributed by atoms with van der Waals surface area (Å²) in [4.78, 5) is 4.32. The highest BCUT2D eigenvalue weighted by molar-refractivity contribution is 5.54. The average molecular weight is 257 g/mol. The second-order valence-electron chi connectivity index (χ2n) is 4.86. The van der Waals surface area contributed by atoms with Gasteiger partial charge in [-0.15, -0.1) is 6.58 Å². The molecule has 1 heterocycles. The minimum absolute atomic E-state index is 0.284. The quantitative estimate of drug-likeness (QED) is 0.833. The summed E-state index contributed by atoms with van der Waals surface area (Å²) in [5, 5.41) is 3.96. The van der Waals surface area contributed by atoms with Gasteiger partial charge in [0.05, 0.1) is 6.04 Å². The standard InChI is InChI=1S/C15H19N3O/c1-4-5-13(16)15-17-14(18-19-15)12-8-6-11(7-9-12)10(2)3/h4,6-10,13H,1,5,16H2,2-3H3. The molecule has 0 aliphatic rings. The molecule has 19 heavy (non-hydrogen) atoms. The molecule has 4 nitrogen and oxygen atoms in total. The normalized spacial score (nSPS) is 12.6. The molecular formula is C15H19N3O. The molecule has 0 radical (unpaired) electrons. The minimum Gasteiger partial charge on any atom is -0.337 e. The van der Waals surface area contributed by atoms with Gasteiger partial charge in [-0.3, -0.25) is 0 Å². The van der Waals surface area contributed by atoms with Gasteiger partial charge in [0.1, 0.15) is 0 Å². The van der Waals surface area contributed by atoms with Gasteiger partial charge in [0, 0.05) is 5.56 Å². The molecule has 0 aliphatic carbocycles. The lowest BCUT2D eigenvalue weighted by atomic mass is 10.0. The van der Waals surface area contributed by atoms with Crippen LogP contribution >= 0.6 is 0 Å². The molecule has 1 aromatic carbocycles. The molecule has 1 aromatic heterocycles. The van der Waals surface area contributed by atoms with E-state index in [0.29, 0.717) is 24.1 Å². The highest BCUT2D eigenvalue weighted by Gasteiger charge is 2.14. The Hall–Kier alpha value is -1.94. The second kappa shape index (κ2) is 5.80. The Bertz CT molecular complexity index is 543. The molecule has 2 N–H and O–H groups in total. The first-order valence-corrected chi connectivity index (χ1v) is 6.42. The zero-order valence-corrected chi connectivity index (χ0v) is 11.3. The number of hydrogen-bond acceptors (Lipinski definition) is 4. The topological polar surface area (TPSA) is 64.9 Å². The average Bonchev–Trinajstić information content (AvgIpc) is 2.89. The first-order chi connectivity index (χ1) is 9.11. The molecule has 0 aliphatic heterocycles. The van der Waals surface area contributed by atoms with Crippen LogP contribution in [-0.4, -0.2) is 10.1 Å². The van der Waals surface area contributed by atoms with Crippen LogP contribution in [0.15, 0.2) is 41.4 Å². The van der Waals surface area contributed by atoms with E-state index in [0.717, 1.165) is 5.56 Å². The molecular weight excluding hydrogens is 238 g/mol. The van der Waals surface area contributed by atoms with Crippen molar-refractivity contribution in [2.24, 2.45) is 5.73 Å². The number of aromatic nitrogens is 2. The summed E-state index contributed by atoms with van der Waals surface area (Å²) in [5.74, 6) is 1.53. The number of hydrogen-bond donors (Lipinski definition) is 1. The molecule has 1 atom stereocenters. The molecule has 0 saturated heterocycles. The van der Waals surface area contributed by atoms with Crippen molar-refractivity contribution >= 4 is 0 Å². The fourth-order valence-corrected chi connectivity index (χ4v) is 1.80. The predicted molar refractivity (Wildman–Crippen MR) is 75.6 cm³/mol. The summed E-state index contributed by atoms with van der Waals surface area (Å²) in [6, 6.07) is 7.89. The van der Waals surface area contributed by atoms with Crippen molar-refractivity contribution in [1.82, 2.24) is 10.1 Å². The van der Waals surface area contributed by atoms with E-state index in [1.165, 1.54) is 5.56 Å². The number of nitrogens with two attached hydrogens (primary N) is 1. The van der Waals surface area contributed by atoms with E-state index in [1.54, 1.807) is 6.08 Å². The van der Waals surface area contributed by atoms with Crippen LogP contribution in [0.5, 0.6) is 0 Å². The van der Waals surface area contributed by atoms with Crippen molar-refractivity contribution in [3.05, 3.63) is 48.4 Å². The fourth-order valence-electron chi connectivity index (χ4n) is 1.80. The van der Waals surface area contributed by atoms with E-state index >= 15 is 0 Å². The van der Waals surface area contributed by atoms with Gasteiger partial charge in [-0.1, -0.05) is 49.3 Å². The molecule has 0 saturated carbocycles. The molecule has 0 amide bonds. The van der Waals surface area contributed by atoms with Gasteiger partial charge in [-0.05, 0) is 17.9 Å². The Morgan fingerprint density at radius 3 is 2.58 bits per heavy atom. The van der Waals surface area contributed by atoms with Crippen LogP contribution in [0.2, 0.25) is 0 Å². The summed E-state index contributed by atoms with van der Waals surface area (Å²) < 4.78 is 5.18. The third-order valence-electron chi connectivity index (χ3n) is 3.02. The van der Waals surface area contributed by atoms with Crippen LogP contribution in [0.1, 0.15) is 43.7 Å². The number of rotatable bonds is 5. The highest BCUT2D eigenvalue weighted by atomic mass is 16.5. The second-order valence-corrected chi connectivity index (χ2v) is 4.86. The zero-order valence-electron chi connectivity index (χ0n) is 11.3. The minimum atomic E-state index is -0.284. The number of nitrogens with zero attached hydrogens (tertiary/aromatic N) is 2. The zero-order chi connectivity index (χ0) is 13.8. The van der Waals surface area contributed by atoms with E-state index in [-0.39, 0.29) is 6.04 Å². The lowest BCUT2D eigenvalue weighted by molar-refractivity contribution is 0.356. The first-order valence-electron chi connectivity index (χ1n) is 6.42. The Morgan fingerprint density at radius 1 is 1.32 bits per heavy atom. The third-order valence-corrected chi connectivity index (χ3v) is 3.02. The van der Waals surface area contributed by atoms with Crippen LogP contribution < -0.4 is 5.73 Å². The highest BCUT2D eigenvalue weighted by Crippen LogP contribution is 2.22. The van der Waals surface area contributed by atoms with Crippen molar-refractivity contribution < 1.29 is 4.52 Å². The van der Waals surface area contributed by atoms with E-state index < -0.39 is 0 Å². The van der Waals surface area contributed by atoms with Crippen molar-refractivity contribution in [1.29, 1.82) is 0 Å². The van der Waals surface area contributed by atoms with E-state index in [9.17, 15) is 0 Å². The summed E-state index contributed by atoms with van der Waals surface area (Å²) >= 11 is 0. The van der Waals surface area contributed by atoms with E-state index in [4.69, 9.17) is 10.3 Å². The maximum atomic E-state index is 5.89. The van der Waals surface area contributed by atoms with Gasteiger partial charge in [-0.2, -0.15) is 4.98 Å². The van der Waals surface area contributed by atoms with Crippen LogP contribution in [0.25, 0.3) is 11.4 Å². The van der Waals surface area contributed by atoms with Gasteiger partial charge in [0.25, 0.3) is 0 Å². The molecule has 1 unspecified atom stereocenters. The Balaban J connectivity index is 2.20. The van der Waals surface area contributed by atoms with Gasteiger partial charge >= 0.3 is 0 Å². The van der Waals surface area contributed by atoms with Crippen LogP contribution in [0.4, 0.5) is 0 Å². The molecule has 0 bridgehead atoms. The summed E-state index contributed by atoms with van der Waals surface area (Å²) in [6.45, 7) is 7.97. The molecule has 2 rings (SSSR count). The van der Waals surface area contributed by atoms with Crippen molar-refractivity contribution in [3.8, 4) is 11.4 Å². The van der Waals surface area contributed by atoms with E-state index in [2.05, 4.69) is 42.7 Å². The molecule has 0 spiro atoms. The molecule has 2 aromatic rings. The summed E-state index contributed by atoms with van der Waals surface area (Å²) in [6.07, 6.45) is 2.36. The van der Waals surface area contributed by atoms with Crippen molar-refractivity contribution in [2.45, 2.75) is 32.2 Å². The lowest BCUT2D eigenvalue weighted by Crippen LogP contribution is -2.09. The van der Waals surface area contributed by atoms with E-state index in [1.807, 2.05) is 12.1 Å². The smallest absolute Gasteiger partial charge is 0.244 e. The van der Waals surface area contributed by atoms with Crippen LogP contribution in [-0.2, 0) is 0 Å². The Labute approximate surface area is 113 Å². The molecule has 0 fully saturated rings. The third kappa shape index (κ3) is 3.09. The number of benzene rings is 1. The predicted octanol–water partition coefficient (Wildman–Crippen LogP) is 3.44. The van der Waals surface area contributed by atoms with Gasteiger partial charge in [0.15, 0.2) is 0 Å². The maximum absolute atomic E-state index is 5.89. The lowest BCUT2D eigenvalue weighted by Gasteiger charge is -2.04. The van der Waals surface area contributed by atoms with Crippen molar-refractivity contribution in [2.75, 3.05) is 0 Å². The van der Waals surface area contributed by atoms with Crippen molar-refractivity contribution in [3.63, 3.8) is 0 Å². The van der Waals surface area contributed by atoms with Crippen LogP contribution in [0.3, 0.4) is 0 Å². The van der Waals surface area contributed by atoms with Gasteiger partial charge in [-0.25, -0.2) is 0 Å². The molecule has 4 heteroatoms. The van der Waals surface area contributed by atoms with Gasteiger partial charge < -0.3 is 10.3 Å². The fraction of sp³-hybridized carbons (Fsp3) is 0.333. The SMILES string of the molecule is C=CCC(N)c1nc(-c2ccc(C(C)C)cc2)no1. The van der Waals surface area contributed by atoms with Gasteiger partial charge in [0.2, 0.25) is 11.7 Å². The first kappa shape index (κ1) is 13.5.